The van der Waals surface area contributed by atoms with Crippen LogP contribution in [0.25, 0.3) is 21.9 Å². The van der Waals surface area contributed by atoms with Gasteiger partial charge >= 0.3 is 0 Å². The second kappa shape index (κ2) is 5.01. The van der Waals surface area contributed by atoms with Gasteiger partial charge in [-0.15, -0.1) is 0 Å². The lowest BCUT2D eigenvalue weighted by Gasteiger charge is -2.16. The molecule has 0 aliphatic carbocycles. The van der Waals surface area contributed by atoms with Crippen molar-refractivity contribution in [1.82, 2.24) is 0 Å². The summed E-state index contributed by atoms with van der Waals surface area (Å²) < 4.78 is 0. The highest BCUT2D eigenvalue weighted by molar-refractivity contribution is 6.02. The quantitative estimate of drug-likeness (QED) is 0.629. The molecule has 0 aliphatic rings. The number of benzene rings is 3. The Hall–Kier alpha value is -2.28. The molecule has 1 heteroatoms. The van der Waals surface area contributed by atoms with Gasteiger partial charge in [-0.05, 0) is 33.9 Å². The van der Waals surface area contributed by atoms with E-state index in [1.165, 1.54) is 21.9 Å². The van der Waals surface area contributed by atoms with Crippen LogP contribution in [0, 0.1) is 0 Å². The van der Waals surface area contributed by atoms with E-state index in [1.54, 1.807) is 0 Å². The lowest BCUT2D eigenvalue weighted by molar-refractivity contribution is 0.869. The molecule has 20 heavy (non-hydrogen) atoms. The van der Waals surface area contributed by atoms with Crippen molar-refractivity contribution in [1.29, 1.82) is 0 Å². The molecule has 3 rings (SSSR count). The average molecular weight is 261 g/mol. The number of hydrogen-bond donors (Lipinski definition) is 1. The smallest absolute Gasteiger partial charge is 0.0400 e. The lowest BCUT2D eigenvalue weighted by Crippen LogP contribution is -1.96. The largest absolute Gasteiger partial charge is 0.398 e. The number of anilines is 1. The van der Waals surface area contributed by atoms with E-state index >= 15 is 0 Å². The third kappa shape index (κ3) is 2.05. The van der Waals surface area contributed by atoms with Crippen LogP contribution in [0.15, 0.2) is 60.7 Å². The molecule has 3 aromatic rings. The maximum absolute atomic E-state index is 6.29. The number of nitrogens with two attached hydrogens (primary N) is 1. The number of hydrogen-bond acceptors (Lipinski definition) is 1. The summed E-state index contributed by atoms with van der Waals surface area (Å²) in [6.07, 6.45) is 0. The Kier molecular flexibility index (Phi) is 3.19. The minimum absolute atomic E-state index is 0.476. The molecule has 0 saturated heterocycles. The van der Waals surface area contributed by atoms with E-state index in [-0.39, 0.29) is 0 Å². The van der Waals surface area contributed by atoms with Crippen molar-refractivity contribution in [3.8, 4) is 11.1 Å². The van der Waals surface area contributed by atoms with E-state index in [1.807, 2.05) is 6.07 Å². The van der Waals surface area contributed by atoms with Crippen LogP contribution in [0.1, 0.15) is 25.3 Å². The Bertz CT molecular complexity index is 757. The molecule has 0 saturated carbocycles. The predicted molar refractivity (Wildman–Crippen MR) is 87.9 cm³/mol. The van der Waals surface area contributed by atoms with Crippen LogP contribution in [0.2, 0.25) is 0 Å². The normalized spacial score (nSPS) is 11.2. The highest BCUT2D eigenvalue weighted by atomic mass is 14.6. The molecule has 0 atom stereocenters. The van der Waals surface area contributed by atoms with Crippen molar-refractivity contribution in [2.75, 3.05) is 5.73 Å². The minimum atomic E-state index is 0.476. The molecular formula is C19H19N. The summed E-state index contributed by atoms with van der Waals surface area (Å²) >= 11 is 0. The van der Waals surface area contributed by atoms with Crippen LogP contribution in [0.5, 0.6) is 0 Å². The summed E-state index contributed by atoms with van der Waals surface area (Å²) in [5.74, 6) is 0.476. The molecule has 0 unspecified atom stereocenters. The van der Waals surface area contributed by atoms with E-state index in [4.69, 9.17) is 5.73 Å². The van der Waals surface area contributed by atoms with Crippen molar-refractivity contribution in [2.45, 2.75) is 19.8 Å². The van der Waals surface area contributed by atoms with Crippen molar-refractivity contribution in [3.05, 3.63) is 66.2 Å². The summed E-state index contributed by atoms with van der Waals surface area (Å²) in [7, 11) is 0. The molecule has 0 aliphatic heterocycles. The summed E-state index contributed by atoms with van der Waals surface area (Å²) in [5, 5.41) is 2.45. The molecule has 0 radical (unpaired) electrons. The van der Waals surface area contributed by atoms with Gasteiger partial charge in [0.15, 0.2) is 0 Å². The Morgan fingerprint density at radius 2 is 1.50 bits per heavy atom. The predicted octanol–water partition coefficient (Wildman–Crippen LogP) is 5.21. The van der Waals surface area contributed by atoms with Crippen LogP contribution in [0.4, 0.5) is 5.69 Å². The van der Waals surface area contributed by atoms with E-state index in [9.17, 15) is 0 Å². The first-order valence-corrected chi connectivity index (χ1v) is 7.05. The van der Waals surface area contributed by atoms with Gasteiger partial charge in [0.1, 0.15) is 0 Å². The molecule has 100 valence electrons. The molecule has 0 spiro atoms. The third-order valence-electron chi connectivity index (χ3n) is 3.81. The first-order valence-electron chi connectivity index (χ1n) is 7.05. The Morgan fingerprint density at radius 1 is 0.800 bits per heavy atom. The molecule has 0 heterocycles. The number of rotatable bonds is 2. The van der Waals surface area contributed by atoms with Gasteiger partial charge in [0.2, 0.25) is 0 Å². The second-order valence-electron chi connectivity index (χ2n) is 5.49. The summed E-state index contributed by atoms with van der Waals surface area (Å²) in [6, 6.07) is 21.1. The van der Waals surface area contributed by atoms with Gasteiger partial charge in [-0.2, -0.15) is 0 Å². The summed E-state index contributed by atoms with van der Waals surface area (Å²) in [5.41, 5.74) is 10.9. The van der Waals surface area contributed by atoms with Crippen molar-refractivity contribution in [3.63, 3.8) is 0 Å². The van der Waals surface area contributed by atoms with Crippen LogP contribution >= 0.6 is 0 Å². The minimum Gasteiger partial charge on any atom is -0.398 e. The topological polar surface area (TPSA) is 26.0 Å². The average Bonchev–Trinajstić information content (AvgIpc) is 2.47. The monoisotopic (exact) mass is 261 g/mol. The molecule has 3 aromatic carbocycles. The third-order valence-corrected chi connectivity index (χ3v) is 3.81. The van der Waals surface area contributed by atoms with Crippen molar-refractivity contribution >= 4 is 16.5 Å². The molecule has 0 fully saturated rings. The SMILES string of the molecule is CC(C)c1ccccc1-c1c(N)ccc2ccccc12. The number of nitrogen functional groups attached to an aromatic ring is 1. The van der Waals surface area contributed by atoms with E-state index in [0.29, 0.717) is 5.92 Å². The Balaban J connectivity index is 2.38. The Morgan fingerprint density at radius 3 is 2.30 bits per heavy atom. The van der Waals surface area contributed by atoms with E-state index in [2.05, 4.69) is 68.4 Å². The zero-order valence-corrected chi connectivity index (χ0v) is 11.9. The van der Waals surface area contributed by atoms with Gasteiger partial charge < -0.3 is 5.73 Å². The number of fused-ring (bicyclic) bond motifs is 1. The van der Waals surface area contributed by atoms with E-state index in [0.717, 1.165) is 11.3 Å². The molecule has 1 nitrogen and oxygen atoms in total. The summed E-state index contributed by atoms with van der Waals surface area (Å²) in [4.78, 5) is 0. The maximum atomic E-state index is 6.29. The fourth-order valence-electron chi connectivity index (χ4n) is 2.82. The fourth-order valence-corrected chi connectivity index (χ4v) is 2.82. The lowest BCUT2D eigenvalue weighted by atomic mass is 9.89. The van der Waals surface area contributed by atoms with Crippen LogP contribution in [-0.2, 0) is 0 Å². The standard InChI is InChI=1S/C19H19N/c1-13(2)15-8-5-6-10-17(15)19-16-9-4-3-7-14(16)11-12-18(19)20/h3-13H,20H2,1-2H3. The van der Waals surface area contributed by atoms with Crippen LogP contribution in [0.3, 0.4) is 0 Å². The first kappa shape index (κ1) is 12.7. The van der Waals surface area contributed by atoms with Gasteiger partial charge in [-0.1, -0.05) is 68.4 Å². The molecule has 0 bridgehead atoms. The van der Waals surface area contributed by atoms with Gasteiger partial charge in [0.25, 0.3) is 0 Å². The fraction of sp³-hybridized carbons (Fsp3) is 0.158. The molecule has 0 aromatic heterocycles. The second-order valence-corrected chi connectivity index (χ2v) is 5.49. The molecule has 2 N–H and O–H groups in total. The zero-order chi connectivity index (χ0) is 14.1. The molecular weight excluding hydrogens is 242 g/mol. The van der Waals surface area contributed by atoms with Gasteiger partial charge in [-0.25, -0.2) is 0 Å². The van der Waals surface area contributed by atoms with Crippen molar-refractivity contribution in [2.24, 2.45) is 0 Å². The van der Waals surface area contributed by atoms with E-state index < -0.39 is 0 Å². The highest BCUT2D eigenvalue weighted by Gasteiger charge is 2.13. The zero-order valence-electron chi connectivity index (χ0n) is 11.9. The van der Waals surface area contributed by atoms with Crippen molar-refractivity contribution < 1.29 is 0 Å². The Labute approximate surface area is 120 Å². The van der Waals surface area contributed by atoms with Crippen LogP contribution < -0.4 is 5.73 Å². The van der Waals surface area contributed by atoms with Gasteiger partial charge in [-0.3, -0.25) is 0 Å². The maximum Gasteiger partial charge on any atom is 0.0400 e. The first-order chi connectivity index (χ1) is 9.68. The van der Waals surface area contributed by atoms with Crippen LogP contribution in [-0.4, -0.2) is 0 Å². The summed E-state index contributed by atoms with van der Waals surface area (Å²) in [6.45, 7) is 4.44. The van der Waals surface area contributed by atoms with Gasteiger partial charge in [0.05, 0.1) is 0 Å². The molecule has 0 amide bonds. The highest BCUT2D eigenvalue weighted by Crippen LogP contribution is 2.37. The van der Waals surface area contributed by atoms with Gasteiger partial charge in [0, 0.05) is 11.3 Å².